The van der Waals surface area contributed by atoms with Gasteiger partial charge in [0.2, 0.25) is 0 Å². The summed E-state index contributed by atoms with van der Waals surface area (Å²) in [6.45, 7) is 6.79. The predicted molar refractivity (Wildman–Crippen MR) is 90.3 cm³/mol. The number of benzene rings is 2. The second-order valence-electron chi connectivity index (χ2n) is 5.78. The van der Waals surface area contributed by atoms with Gasteiger partial charge in [0.1, 0.15) is 6.61 Å². The minimum Gasteiger partial charge on any atom is -0.493 e. The standard InChI is InChI=1S/C19H25NO2/c1-15(2)12-20-13-17-9-10-18(21-3)19(11-17)22-14-16-7-5-4-6-8-16/h4-11,15,20H,12-14H2,1-3H3. The zero-order valence-corrected chi connectivity index (χ0v) is 13.6. The van der Waals surface area contributed by atoms with Gasteiger partial charge in [0.15, 0.2) is 11.5 Å². The molecule has 22 heavy (non-hydrogen) atoms. The quantitative estimate of drug-likeness (QED) is 0.798. The van der Waals surface area contributed by atoms with E-state index in [-0.39, 0.29) is 0 Å². The van der Waals surface area contributed by atoms with E-state index in [1.807, 2.05) is 24.3 Å². The minimum atomic E-state index is 0.542. The molecule has 3 nitrogen and oxygen atoms in total. The number of methoxy groups -OCH3 is 1. The maximum Gasteiger partial charge on any atom is 0.161 e. The lowest BCUT2D eigenvalue weighted by atomic mass is 10.1. The molecule has 0 unspecified atom stereocenters. The molecule has 2 rings (SSSR count). The first-order valence-corrected chi connectivity index (χ1v) is 7.73. The van der Waals surface area contributed by atoms with Crippen molar-refractivity contribution in [1.29, 1.82) is 0 Å². The van der Waals surface area contributed by atoms with Gasteiger partial charge in [-0.2, -0.15) is 0 Å². The molecule has 0 spiro atoms. The average molecular weight is 299 g/mol. The van der Waals surface area contributed by atoms with E-state index in [4.69, 9.17) is 9.47 Å². The monoisotopic (exact) mass is 299 g/mol. The van der Waals surface area contributed by atoms with Gasteiger partial charge in [-0.25, -0.2) is 0 Å². The van der Waals surface area contributed by atoms with Crippen LogP contribution in [0.25, 0.3) is 0 Å². The molecule has 0 saturated carbocycles. The minimum absolute atomic E-state index is 0.542. The lowest BCUT2D eigenvalue weighted by Crippen LogP contribution is -2.18. The molecule has 0 saturated heterocycles. The van der Waals surface area contributed by atoms with E-state index in [0.717, 1.165) is 30.2 Å². The summed E-state index contributed by atoms with van der Waals surface area (Å²) < 4.78 is 11.3. The summed E-state index contributed by atoms with van der Waals surface area (Å²) in [5, 5.41) is 3.44. The van der Waals surface area contributed by atoms with Crippen molar-refractivity contribution >= 4 is 0 Å². The second-order valence-corrected chi connectivity index (χ2v) is 5.78. The Morgan fingerprint density at radius 2 is 1.73 bits per heavy atom. The van der Waals surface area contributed by atoms with Crippen molar-refractivity contribution in [2.45, 2.75) is 27.0 Å². The first-order valence-electron chi connectivity index (χ1n) is 7.73. The predicted octanol–water partition coefficient (Wildman–Crippen LogP) is 4.02. The molecular formula is C19H25NO2. The fourth-order valence-electron chi connectivity index (χ4n) is 2.18. The molecule has 0 aliphatic rings. The molecule has 0 aliphatic carbocycles. The van der Waals surface area contributed by atoms with Crippen molar-refractivity contribution in [3.8, 4) is 11.5 Å². The van der Waals surface area contributed by atoms with Crippen LogP contribution in [0.3, 0.4) is 0 Å². The van der Waals surface area contributed by atoms with Crippen LogP contribution >= 0.6 is 0 Å². The molecule has 118 valence electrons. The Kier molecular flexibility index (Phi) is 6.28. The van der Waals surface area contributed by atoms with Crippen LogP contribution in [0.4, 0.5) is 0 Å². The van der Waals surface area contributed by atoms with Gasteiger partial charge in [-0.1, -0.05) is 50.2 Å². The lowest BCUT2D eigenvalue weighted by Gasteiger charge is -2.13. The van der Waals surface area contributed by atoms with Crippen LogP contribution in [0.15, 0.2) is 48.5 Å². The number of hydrogen-bond donors (Lipinski definition) is 1. The van der Waals surface area contributed by atoms with E-state index in [0.29, 0.717) is 12.5 Å². The fraction of sp³-hybridized carbons (Fsp3) is 0.368. The van der Waals surface area contributed by atoms with E-state index < -0.39 is 0 Å². The highest BCUT2D eigenvalue weighted by atomic mass is 16.5. The fourth-order valence-corrected chi connectivity index (χ4v) is 2.18. The lowest BCUT2D eigenvalue weighted by molar-refractivity contribution is 0.284. The molecule has 0 aliphatic heterocycles. The molecule has 0 atom stereocenters. The van der Waals surface area contributed by atoms with E-state index in [2.05, 4.69) is 43.4 Å². The van der Waals surface area contributed by atoms with Crippen molar-refractivity contribution in [3.05, 3.63) is 59.7 Å². The van der Waals surface area contributed by atoms with Gasteiger partial charge in [0, 0.05) is 6.54 Å². The number of hydrogen-bond acceptors (Lipinski definition) is 3. The van der Waals surface area contributed by atoms with E-state index >= 15 is 0 Å². The van der Waals surface area contributed by atoms with E-state index in [1.165, 1.54) is 5.56 Å². The Bertz CT molecular complexity index is 567. The summed E-state index contributed by atoms with van der Waals surface area (Å²) >= 11 is 0. The molecule has 0 radical (unpaired) electrons. The Morgan fingerprint density at radius 1 is 0.955 bits per heavy atom. The van der Waals surface area contributed by atoms with Crippen LogP contribution in [0.1, 0.15) is 25.0 Å². The summed E-state index contributed by atoms with van der Waals surface area (Å²) in [6, 6.07) is 16.2. The van der Waals surface area contributed by atoms with Gasteiger partial charge >= 0.3 is 0 Å². The Labute approximate surface area is 133 Å². The topological polar surface area (TPSA) is 30.5 Å². The van der Waals surface area contributed by atoms with Crippen LogP contribution in [0, 0.1) is 5.92 Å². The highest BCUT2D eigenvalue weighted by Crippen LogP contribution is 2.28. The van der Waals surface area contributed by atoms with Crippen LogP contribution in [-0.4, -0.2) is 13.7 Å². The van der Waals surface area contributed by atoms with Crippen molar-refractivity contribution in [2.75, 3.05) is 13.7 Å². The van der Waals surface area contributed by atoms with Gasteiger partial charge in [0.05, 0.1) is 7.11 Å². The highest BCUT2D eigenvalue weighted by Gasteiger charge is 2.06. The summed E-state index contributed by atoms with van der Waals surface area (Å²) in [5.74, 6) is 2.20. The Balaban J connectivity index is 2.01. The summed E-state index contributed by atoms with van der Waals surface area (Å²) in [4.78, 5) is 0. The number of nitrogens with one attached hydrogen (secondary N) is 1. The maximum absolute atomic E-state index is 5.93. The normalized spacial score (nSPS) is 10.7. The third-order valence-corrected chi connectivity index (χ3v) is 3.35. The molecule has 0 fully saturated rings. The SMILES string of the molecule is COc1ccc(CNCC(C)C)cc1OCc1ccccc1. The molecule has 2 aromatic carbocycles. The van der Waals surface area contributed by atoms with Gasteiger partial charge in [-0.05, 0) is 35.7 Å². The third kappa shape index (κ3) is 5.08. The van der Waals surface area contributed by atoms with Gasteiger partial charge in [0.25, 0.3) is 0 Å². The van der Waals surface area contributed by atoms with Gasteiger partial charge in [-0.15, -0.1) is 0 Å². The molecular weight excluding hydrogens is 274 g/mol. The van der Waals surface area contributed by atoms with Crippen LogP contribution in [-0.2, 0) is 13.2 Å². The molecule has 2 aromatic rings. The Morgan fingerprint density at radius 3 is 2.41 bits per heavy atom. The largest absolute Gasteiger partial charge is 0.493 e. The van der Waals surface area contributed by atoms with Gasteiger partial charge < -0.3 is 14.8 Å². The Hall–Kier alpha value is -2.00. The van der Waals surface area contributed by atoms with E-state index in [9.17, 15) is 0 Å². The van der Waals surface area contributed by atoms with Crippen molar-refractivity contribution in [3.63, 3.8) is 0 Å². The van der Waals surface area contributed by atoms with E-state index in [1.54, 1.807) is 7.11 Å². The molecule has 0 bridgehead atoms. The summed E-state index contributed by atoms with van der Waals surface area (Å²) in [7, 11) is 1.67. The smallest absolute Gasteiger partial charge is 0.161 e. The van der Waals surface area contributed by atoms with Crippen LogP contribution in [0.5, 0.6) is 11.5 Å². The molecule has 0 heterocycles. The van der Waals surface area contributed by atoms with Crippen molar-refractivity contribution in [1.82, 2.24) is 5.32 Å². The van der Waals surface area contributed by atoms with Crippen LogP contribution in [0.2, 0.25) is 0 Å². The van der Waals surface area contributed by atoms with Crippen LogP contribution < -0.4 is 14.8 Å². The third-order valence-electron chi connectivity index (χ3n) is 3.35. The first kappa shape index (κ1) is 16.4. The highest BCUT2D eigenvalue weighted by molar-refractivity contribution is 5.43. The maximum atomic E-state index is 5.93. The summed E-state index contributed by atoms with van der Waals surface area (Å²) in [5.41, 5.74) is 2.34. The molecule has 0 amide bonds. The number of ether oxygens (including phenoxy) is 2. The zero-order chi connectivity index (χ0) is 15.8. The average Bonchev–Trinajstić information content (AvgIpc) is 2.54. The second kappa shape index (κ2) is 8.44. The van der Waals surface area contributed by atoms with Gasteiger partial charge in [-0.3, -0.25) is 0 Å². The first-order chi connectivity index (χ1) is 10.7. The van der Waals surface area contributed by atoms with Crippen molar-refractivity contribution in [2.24, 2.45) is 5.92 Å². The summed E-state index contributed by atoms with van der Waals surface area (Å²) in [6.07, 6.45) is 0. The molecule has 1 N–H and O–H groups in total. The zero-order valence-electron chi connectivity index (χ0n) is 13.6. The molecule has 3 heteroatoms. The van der Waals surface area contributed by atoms with Crippen molar-refractivity contribution < 1.29 is 9.47 Å². The molecule has 0 aromatic heterocycles. The number of rotatable bonds is 8.